The highest BCUT2D eigenvalue weighted by Crippen LogP contribution is 2.19. The second-order valence-electron chi connectivity index (χ2n) is 5.82. The van der Waals surface area contributed by atoms with Crippen LogP contribution in [0.4, 0.5) is 0 Å². The molecule has 1 heterocycles. The molecule has 0 fully saturated rings. The first-order valence-electron chi connectivity index (χ1n) is 8.19. The van der Waals surface area contributed by atoms with Crippen molar-refractivity contribution in [3.8, 4) is 11.8 Å². The minimum Gasteiger partial charge on any atom is -0.491 e. The van der Waals surface area contributed by atoms with Crippen LogP contribution in [0.2, 0.25) is 0 Å². The van der Waals surface area contributed by atoms with Crippen LogP contribution in [-0.2, 0) is 13.0 Å². The number of ether oxygens (including phenoxy) is 1. The number of fused-ring (bicyclic) bond motifs is 1. The second-order valence-corrected chi connectivity index (χ2v) is 5.82. The van der Waals surface area contributed by atoms with Crippen molar-refractivity contribution in [2.75, 3.05) is 13.2 Å². The molecule has 128 valence electrons. The van der Waals surface area contributed by atoms with Crippen LogP contribution >= 0.6 is 0 Å². The number of hydrogen-bond acceptors (Lipinski definition) is 5. The molecule has 0 saturated carbocycles. The van der Waals surface area contributed by atoms with E-state index in [1.54, 1.807) is 6.26 Å². The van der Waals surface area contributed by atoms with Crippen molar-refractivity contribution in [2.45, 2.75) is 19.1 Å². The normalized spacial score (nSPS) is 12.0. The Balaban J connectivity index is 1.43. The molecule has 1 atom stereocenters. The maximum Gasteiger partial charge on any atom is 0.134 e. The second kappa shape index (κ2) is 8.34. The smallest absolute Gasteiger partial charge is 0.134 e. The first kappa shape index (κ1) is 17.0. The first-order valence-corrected chi connectivity index (χ1v) is 8.19. The maximum atomic E-state index is 10.1. The van der Waals surface area contributed by atoms with Gasteiger partial charge in [0.05, 0.1) is 18.8 Å². The van der Waals surface area contributed by atoms with E-state index in [1.165, 1.54) is 0 Å². The summed E-state index contributed by atoms with van der Waals surface area (Å²) in [5.74, 6) is 0.684. The molecular formula is C20H20N2O3. The van der Waals surface area contributed by atoms with Crippen LogP contribution < -0.4 is 10.1 Å². The molecule has 0 aliphatic rings. The Hall–Kier alpha value is -2.81. The van der Waals surface area contributed by atoms with E-state index in [9.17, 15) is 5.11 Å². The van der Waals surface area contributed by atoms with Crippen LogP contribution in [0, 0.1) is 11.3 Å². The van der Waals surface area contributed by atoms with Gasteiger partial charge in [0.15, 0.2) is 0 Å². The lowest BCUT2D eigenvalue weighted by atomic mass is 10.1. The van der Waals surface area contributed by atoms with Gasteiger partial charge in [0, 0.05) is 18.5 Å². The minimum absolute atomic E-state index is 0.209. The Kier molecular flexibility index (Phi) is 5.68. The van der Waals surface area contributed by atoms with Gasteiger partial charge in [-0.1, -0.05) is 24.3 Å². The van der Waals surface area contributed by atoms with Gasteiger partial charge in [-0.05, 0) is 35.4 Å². The number of benzene rings is 2. The van der Waals surface area contributed by atoms with Crippen molar-refractivity contribution in [1.29, 1.82) is 5.26 Å². The number of furan rings is 1. The predicted molar refractivity (Wildman–Crippen MR) is 95.2 cm³/mol. The Bertz CT molecular complexity index is 849. The van der Waals surface area contributed by atoms with Gasteiger partial charge in [-0.15, -0.1) is 0 Å². The lowest BCUT2D eigenvalue weighted by Gasteiger charge is -2.14. The highest BCUT2D eigenvalue weighted by Gasteiger charge is 2.07. The molecule has 3 aromatic rings. The van der Waals surface area contributed by atoms with Gasteiger partial charge in [-0.2, -0.15) is 5.26 Å². The summed E-state index contributed by atoms with van der Waals surface area (Å²) in [6.07, 6.45) is 1.46. The van der Waals surface area contributed by atoms with Gasteiger partial charge < -0.3 is 19.6 Å². The van der Waals surface area contributed by atoms with E-state index >= 15 is 0 Å². The number of nitriles is 1. The lowest BCUT2D eigenvalue weighted by molar-refractivity contribution is 0.106. The van der Waals surface area contributed by atoms with Crippen LogP contribution in [0.15, 0.2) is 59.2 Å². The lowest BCUT2D eigenvalue weighted by Crippen LogP contribution is -2.31. The summed E-state index contributed by atoms with van der Waals surface area (Å²) in [7, 11) is 0. The van der Waals surface area contributed by atoms with Gasteiger partial charge in [0.1, 0.15) is 24.0 Å². The Morgan fingerprint density at radius 3 is 2.80 bits per heavy atom. The molecule has 25 heavy (non-hydrogen) atoms. The molecule has 5 heteroatoms. The van der Waals surface area contributed by atoms with E-state index in [1.807, 2.05) is 48.5 Å². The van der Waals surface area contributed by atoms with E-state index in [2.05, 4.69) is 11.4 Å². The van der Waals surface area contributed by atoms with Gasteiger partial charge in [-0.25, -0.2) is 0 Å². The van der Waals surface area contributed by atoms with Gasteiger partial charge in [0.25, 0.3) is 0 Å². The van der Waals surface area contributed by atoms with Crippen LogP contribution in [0.3, 0.4) is 0 Å². The first-order chi connectivity index (χ1) is 12.3. The summed E-state index contributed by atoms with van der Waals surface area (Å²) in [4.78, 5) is 0. The van der Waals surface area contributed by atoms with Crippen molar-refractivity contribution >= 4 is 11.0 Å². The van der Waals surface area contributed by atoms with Crippen LogP contribution in [0.1, 0.15) is 11.1 Å². The average molecular weight is 336 g/mol. The molecule has 0 saturated heterocycles. The largest absolute Gasteiger partial charge is 0.491 e. The molecule has 0 aliphatic carbocycles. The molecule has 0 aliphatic heterocycles. The summed E-state index contributed by atoms with van der Waals surface area (Å²) in [5, 5.41) is 23.0. The third-order valence-electron chi connectivity index (χ3n) is 3.93. The van der Waals surface area contributed by atoms with Gasteiger partial charge in [0.2, 0.25) is 0 Å². The summed E-state index contributed by atoms with van der Waals surface area (Å²) < 4.78 is 11.0. The third-order valence-corrected chi connectivity index (χ3v) is 3.93. The molecule has 1 aromatic heterocycles. The van der Waals surface area contributed by atoms with Crippen LogP contribution in [0.5, 0.6) is 5.75 Å². The van der Waals surface area contributed by atoms with E-state index in [0.29, 0.717) is 25.3 Å². The summed E-state index contributed by atoms with van der Waals surface area (Å²) in [6, 6.07) is 17.3. The van der Waals surface area contributed by atoms with E-state index in [4.69, 9.17) is 14.4 Å². The minimum atomic E-state index is -0.609. The van der Waals surface area contributed by atoms with Crippen molar-refractivity contribution in [2.24, 2.45) is 0 Å². The Labute approximate surface area is 146 Å². The van der Waals surface area contributed by atoms with Crippen molar-refractivity contribution in [3.63, 3.8) is 0 Å². The van der Waals surface area contributed by atoms with Crippen molar-refractivity contribution in [1.82, 2.24) is 5.32 Å². The molecule has 2 aromatic carbocycles. The van der Waals surface area contributed by atoms with Crippen LogP contribution in [0.25, 0.3) is 11.0 Å². The van der Waals surface area contributed by atoms with Gasteiger partial charge >= 0.3 is 0 Å². The quantitative estimate of drug-likeness (QED) is 0.661. The third kappa shape index (κ3) is 4.60. The zero-order valence-electron chi connectivity index (χ0n) is 13.8. The highest BCUT2D eigenvalue weighted by molar-refractivity contribution is 5.80. The molecular weight excluding hydrogens is 316 g/mol. The zero-order valence-corrected chi connectivity index (χ0v) is 13.8. The van der Waals surface area contributed by atoms with Crippen molar-refractivity contribution in [3.05, 3.63) is 65.9 Å². The maximum absolute atomic E-state index is 10.1. The molecule has 1 unspecified atom stereocenters. The topological polar surface area (TPSA) is 78.4 Å². The standard InChI is InChI=1S/C20H20N2O3/c21-10-8-15-4-6-18(7-5-15)25-14-17(23)13-22-12-16-2-1-3-20-19(16)9-11-24-20/h1-7,9,11,17,22-23H,8,12-14H2. The highest BCUT2D eigenvalue weighted by atomic mass is 16.5. The Morgan fingerprint density at radius 2 is 2.00 bits per heavy atom. The monoisotopic (exact) mass is 336 g/mol. The number of nitrogens with one attached hydrogen (secondary N) is 1. The average Bonchev–Trinajstić information content (AvgIpc) is 3.11. The fourth-order valence-corrected chi connectivity index (χ4v) is 2.63. The summed E-state index contributed by atoms with van der Waals surface area (Å²) >= 11 is 0. The number of aliphatic hydroxyl groups excluding tert-OH is 1. The SMILES string of the molecule is N#CCc1ccc(OCC(O)CNCc2cccc3occc23)cc1. The molecule has 3 rings (SSSR count). The molecule has 0 spiro atoms. The summed E-state index contributed by atoms with van der Waals surface area (Å²) in [5.41, 5.74) is 2.95. The van der Waals surface area contributed by atoms with E-state index in [-0.39, 0.29) is 6.61 Å². The molecule has 5 nitrogen and oxygen atoms in total. The molecule has 0 amide bonds. The fraction of sp³-hybridized carbons (Fsp3) is 0.250. The Morgan fingerprint density at radius 1 is 1.16 bits per heavy atom. The van der Waals surface area contributed by atoms with E-state index < -0.39 is 6.10 Å². The number of nitrogens with zero attached hydrogens (tertiary/aromatic N) is 1. The fourth-order valence-electron chi connectivity index (χ4n) is 2.63. The van der Waals surface area contributed by atoms with Crippen molar-refractivity contribution < 1.29 is 14.3 Å². The van der Waals surface area contributed by atoms with Gasteiger partial charge in [-0.3, -0.25) is 0 Å². The number of aliphatic hydroxyl groups is 1. The zero-order chi connectivity index (χ0) is 17.5. The van der Waals surface area contributed by atoms with E-state index in [0.717, 1.165) is 22.1 Å². The summed E-state index contributed by atoms with van der Waals surface area (Å²) in [6.45, 7) is 1.29. The van der Waals surface area contributed by atoms with Crippen LogP contribution in [-0.4, -0.2) is 24.4 Å². The number of hydrogen-bond donors (Lipinski definition) is 2. The molecule has 0 bridgehead atoms. The molecule has 0 radical (unpaired) electrons. The number of rotatable bonds is 8. The predicted octanol–water partition coefficient (Wildman–Crippen LogP) is 3.03. The molecule has 2 N–H and O–H groups in total.